The van der Waals surface area contributed by atoms with Crippen molar-refractivity contribution in [3.63, 3.8) is 0 Å². The Labute approximate surface area is 123 Å². The second-order valence-corrected chi connectivity index (χ2v) is 7.01. The molecule has 2 aromatic rings. The third kappa shape index (κ3) is 2.77. The van der Waals surface area contributed by atoms with Gasteiger partial charge in [-0.25, -0.2) is 8.42 Å². The highest BCUT2D eigenvalue weighted by atomic mass is 32.2. The van der Waals surface area contributed by atoms with E-state index in [1.165, 1.54) is 18.5 Å². The first-order valence-electron chi connectivity index (χ1n) is 6.69. The summed E-state index contributed by atoms with van der Waals surface area (Å²) in [6.07, 6.45) is 3.14. The Morgan fingerprint density at radius 1 is 1.29 bits per heavy atom. The largest absolute Gasteiger partial charge is 0.396 e. The van der Waals surface area contributed by atoms with Crippen LogP contribution in [0, 0.1) is 0 Å². The minimum atomic E-state index is -3.52. The van der Waals surface area contributed by atoms with Crippen LogP contribution >= 0.6 is 0 Å². The van der Waals surface area contributed by atoms with Gasteiger partial charge in [-0.05, 0) is 23.6 Å². The first-order chi connectivity index (χ1) is 10.1. The van der Waals surface area contributed by atoms with Crippen molar-refractivity contribution in [2.75, 3.05) is 18.1 Å². The summed E-state index contributed by atoms with van der Waals surface area (Å²) in [6.45, 7) is 0.531. The fraction of sp³-hybridized carbons (Fsp3) is 0.267. The highest BCUT2D eigenvalue weighted by Gasteiger charge is 2.28. The molecule has 110 valence electrons. The molecule has 2 heterocycles. The lowest BCUT2D eigenvalue weighted by molar-refractivity contribution is 0.0576. The third-order valence-electron chi connectivity index (χ3n) is 3.61. The number of nitrogens with two attached hydrogens (primary N) is 1. The number of benzene rings is 1. The number of anilines is 1. The molecular formula is C15H16N2O3S. The highest BCUT2D eigenvalue weighted by Crippen LogP contribution is 2.30. The van der Waals surface area contributed by atoms with Gasteiger partial charge in [0.1, 0.15) is 0 Å². The van der Waals surface area contributed by atoms with Gasteiger partial charge in [-0.2, -0.15) is 0 Å². The molecule has 1 atom stereocenters. The molecule has 0 saturated carbocycles. The number of ether oxygens (including phenoxy) is 1. The molecule has 0 amide bonds. The number of aromatic nitrogens is 1. The number of nitrogens with zero attached hydrogens (tertiary/aromatic N) is 1. The van der Waals surface area contributed by atoms with Crippen LogP contribution in [-0.2, 0) is 21.0 Å². The molecule has 5 nitrogen and oxygen atoms in total. The van der Waals surface area contributed by atoms with Crippen molar-refractivity contribution in [3.8, 4) is 0 Å². The van der Waals surface area contributed by atoms with Gasteiger partial charge in [0.05, 0.1) is 35.2 Å². The molecule has 1 aromatic carbocycles. The van der Waals surface area contributed by atoms with E-state index < -0.39 is 15.9 Å². The first-order valence-corrected chi connectivity index (χ1v) is 8.35. The Balaban J connectivity index is 1.93. The molecule has 1 aromatic heterocycles. The van der Waals surface area contributed by atoms with Gasteiger partial charge in [-0.3, -0.25) is 4.98 Å². The van der Waals surface area contributed by atoms with Crippen LogP contribution < -0.4 is 5.73 Å². The molecule has 0 fully saturated rings. The van der Waals surface area contributed by atoms with Crippen molar-refractivity contribution in [1.29, 1.82) is 0 Å². The van der Waals surface area contributed by atoms with Crippen LogP contribution in [-0.4, -0.2) is 25.8 Å². The predicted octanol–water partition coefficient (Wildman–Crippen LogP) is 1.75. The fourth-order valence-corrected chi connectivity index (χ4v) is 4.11. The van der Waals surface area contributed by atoms with E-state index >= 15 is 0 Å². The summed E-state index contributed by atoms with van der Waals surface area (Å²) in [7, 11) is -3.52. The molecule has 2 N–H and O–H groups in total. The van der Waals surface area contributed by atoms with E-state index in [9.17, 15) is 8.42 Å². The van der Waals surface area contributed by atoms with Crippen molar-refractivity contribution in [2.24, 2.45) is 0 Å². The van der Waals surface area contributed by atoms with Gasteiger partial charge in [0.2, 0.25) is 0 Å². The van der Waals surface area contributed by atoms with Crippen molar-refractivity contribution in [3.05, 3.63) is 53.9 Å². The summed E-state index contributed by atoms with van der Waals surface area (Å²) in [6, 6.07) is 9.22. The maximum Gasteiger partial charge on any atom is 0.183 e. The molecule has 21 heavy (non-hydrogen) atoms. The van der Waals surface area contributed by atoms with Gasteiger partial charge in [-0.15, -0.1) is 0 Å². The van der Waals surface area contributed by atoms with E-state index in [-0.39, 0.29) is 16.3 Å². The Kier molecular flexibility index (Phi) is 3.65. The lowest BCUT2D eigenvalue weighted by Crippen LogP contribution is -2.24. The van der Waals surface area contributed by atoms with Crippen LogP contribution in [0.15, 0.2) is 47.6 Å². The van der Waals surface area contributed by atoms with Crippen LogP contribution in [0.5, 0.6) is 0 Å². The van der Waals surface area contributed by atoms with E-state index in [1.807, 2.05) is 24.3 Å². The molecule has 0 aliphatic carbocycles. The van der Waals surface area contributed by atoms with Crippen LogP contribution in [0.3, 0.4) is 0 Å². The summed E-state index contributed by atoms with van der Waals surface area (Å²) in [5.74, 6) is -0.113. The third-order valence-corrected chi connectivity index (χ3v) is 5.39. The molecule has 0 bridgehead atoms. The number of hydrogen-bond donors (Lipinski definition) is 1. The zero-order valence-corrected chi connectivity index (χ0v) is 12.2. The molecule has 1 aliphatic heterocycles. The predicted molar refractivity (Wildman–Crippen MR) is 79.5 cm³/mol. The Morgan fingerprint density at radius 2 is 2.10 bits per heavy atom. The maximum atomic E-state index is 12.5. The molecule has 0 saturated heterocycles. The van der Waals surface area contributed by atoms with Gasteiger partial charge < -0.3 is 10.5 Å². The fourth-order valence-electron chi connectivity index (χ4n) is 2.58. The molecule has 6 heteroatoms. The second-order valence-electron chi connectivity index (χ2n) is 5.00. The second kappa shape index (κ2) is 5.46. The number of hydrogen-bond acceptors (Lipinski definition) is 5. The smallest absolute Gasteiger partial charge is 0.183 e. The molecular weight excluding hydrogens is 288 g/mol. The van der Waals surface area contributed by atoms with Crippen LogP contribution in [0.4, 0.5) is 5.69 Å². The topological polar surface area (TPSA) is 82.3 Å². The summed E-state index contributed by atoms with van der Waals surface area (Å²) in [5, 5.41) is 0. The SMILES string of the molecule is Nc1cnccc1S(=O)(=O)CC1OCCc2ccccc21. The summed E-state index contributed by atoms with van der Waals surface area (Å²) in [4.78, 5) is 3.94. The highest BCUT2D eigenvalue weighted by molar-refractivity contribution is 7.91. The zero-order chi connectivity index (χ0) is 14.9. The van der Waals surface area contributed by atoms with E-state index in [4.69, 9.17) is 10.5 Å². The first kappa shape index (κ1) is 14.0. The van der Waals surface area contributed by atoms with E-state index in [0.717, 1.165) is 17.5 Å². The standard InChI is InChI=1S/C15H16N2O3S/c16-13-9-17-7-5-15(13)21(18,19)10-14-12-4-2-1-3-11(12)6-8-20-14/h1-5,7,9,14H,6,8,10,16H2. The van der Waals surface area contributed by atoms with E-state index in [2.05, 4.69) is 4.98 Å². The van der Waals surface area contributed by atoms with Crippen LogP contribution in [0.25, 0.3) is 0 Å². The average Bonchev–Trinajstić information content (AvgIpc) is 2.47. The molecule has 0 spiro atoms. The molecule has 3 rings (SSSR count). The minimum absolute atomic E-state index is 0.113. The molecule has 1 aliphatic rings. The Hall–Kier alpha value is -1.92. The van der Waals surface area contributed by atoms with Gasteiger partial charge in [0, 0.05) is 6.20 Å². The quantitative estimate of drug-likeness (QED) is 0.934. The zero-order valence-electron chi connectivity index (χ0n) is 11.4. The van der Waals surface area contributed by atoms with Crippen LogP contribution in [0.1, 0.15) is 17.2 Å². The monoisotopic (exact) mass is 304 g/mol. The van der Waals surface area contributed by atoms with E-state index in [1.54, 1.807) is 0 Å². The van der Waals surface area contributed by atoms with Gasteiger partial charge in [0.25, 0.3) is 0 Å². The van der Waals surface area contributed by atoms with Crippen molar-refractivity contribution in [1.82, 2.24) is 4.98 Å². The van der Waals surface area contributed by atoms with Crippen molar-refractivity contribution in [2.45, 2.75) is 17.4 Å². The minimum Gasteiger partial charge on any atom is -0.396 e. The van der Waals surface area contributed by atoms with Crippen molar-refractivity contribution >= 4 is 15.5 Å². The van der Waals surface area contributed by atoms with Gasteiger partial charge >= 0.3 is 0 Å². The van der Waals surface area contributed by atoms with E-state index in [0.29, 0.717) is 6.61 Å². The van der Waals surface area contributed by atoms with Crippen LogP contribution in [0.2, 0.25) is 0 Å². The molecule has 0 radical (unpaired) electrons. The Morgan fingerprint density at radius 3 is 2.90 bits per heavy atom. The molecule has 1 unspecified atom stereocenters. The van der Waals surface area contributed by atoms with Gasteiger partial charge in [0.15, 0.2) is 9.84 Å². The number of sulfone groups is 1. The maximum absolute atomic E-state index is 12.5. The average molecular weight is 304 g/mol. The number of fused-ring (bicyclic) bond motifs is 1. The lowest BCUT2D eigenvalue weighted by atomic mass is 9.99. The summed E-state index contributed by atoms with van der Waals surface area (Å²) >= 11 is 0. The number of pyridine rings is 1. The van der Waals surface area contributed by atoms with Gasteiger partial charge in [-0.1, -0.05) is 24.3 Å². The summed E-state index contributed by atoms with van der Waals surface area (Å²) < 4.78 is 30.8. The Bertz CT molecular complexity index is 759. The summed E-state index contributed by atoms with van der Waals surface area (Å²) in [5.41, 5.74) is 7.98. The number of nitrogen functional groups attached to an aromatic ring is 1. The lowest BCUT2D eigenvalue weighted by Gasteiger charge is -2.26. The normalized spacial score (nSPS) is 18.2. The van der Waals surface area contributed by atoms with Crippen molar-refractivity contribution < 1.29 is 13.2 Å². The number of rotatable bonds is 3.